The molecule has 0 aliphatic rings. The van der Waals surface area contributed by atoms with E-state index in [-0.39, 0.29) is 11.6 Å². The van der Waals surface area contributed by atoms with Gasteiger partial charge in [0.05, 0.1) is 6.10 Å². The van der Waals surface area contributed by atoms with E-state index in [1.54, 1.807) is 0 Å². The molecular weight excluding hydrogens is 224 g/mol. The summed E-state index contributed by atoms with van der Waals surface area (Å²) in [6.45, 7) is 9.62. The zero-order chi connectivity index (χ0) is 13.8. The van der Waals surface area contributed by atoms with Gasteiger partial charge >= 0.3 is 0 Å². The molecule has 0 heterocycles. The highest BCUT2D eigenvalue weighted by Gasteiger charge is 2.13. The van der Waals surface area contributed by atoms with E-state index < -0.39 is 0 Å². The number of aliphatic hydroxyl groups excluding tert-OH is 1. The first-order valence-electron chi connectivity index (χ1n) is 6.49. The lowest BCUT2D eigenvalue weighted by atomic mass is 10.1. The van der Waals surface area contributed by atoms with Gasteiger partial charge in [0.15, 0.2) is 0 Å². The molecule has 0 amide bonds. The third-order valence-electron chi connectivity index (χ3n) is 2.83. The van der Waals surface area contributed by atoms with Crippen LogP contribution in [0.25, 0.3) is 0 Å². The lowest BCUT2D eigenvalue weighted by molar-refractivity contribution is 0.167. The second kappa shape index (κ2) is 6.21. The normalized spacial score (nSPS) is 13.4. The van der Waals surface area contributed by atoms with Crippen molar-refractivity contribution < 1.29 is 5.11 Å². The van der Waals surface area contributed by atoms with Crippen molar-refractivity contribution in [1.29, 1.82) is 0 Å². The van der Waals surface area contributed by atoms with Crippen molar-refractivity contribution in [2.45, 2.75) is 39.3 Å². The van der Waals surface area contributed by atoms with Crippen LogP contribution in [0.15, 0.2) is 24.3 Å². The standard InChI is InChI=1S/C15H26N2O/c1-12-6-8-13(9-7-12)17(5)11-14(18)10-16-15(2,3)4/h6-9,14,16,18H,10-11H2,1-5H3. The maximum absolute atomic E-state index is 9.99. The summed E-state index contributed by atoms with van der Waals surface area (Å²) in [6, 6.07) is 8.34. The number of aliphatic hydroxyl groups is 1. The van der Waals surface area contributed by atoms with E-state index in [0.717, 1.165) is 5.69 Å². The summed E-state index contributed by atoms with van der Waals surface area (Å²) in [7, 11) is 2.00. The molecular formula is C15H26N2O. The Balaban J connectivity index is 2.44. The average Bonchev–Trinajstić information content (AvgIpc) is 2.26. The van der Waals surface area contributed by atoms with Gasteiger partial charge in [0.25, 0.3) is 0 Å². The number of likely N-dealkylation sites (N-methyl/N-ethyl adjacent to an activating group) is 1. The van der Waals surface area contributed by atoms with Gasteiger partial charge in [-0.1, -0.05) is 17.7 Å². The quantitative estimate of drug-likeness (QED) is 0.841. The van der Waals surface area contributed by atoms with Crippen molar-refractivity contribution in [3.8, 4) is 0 Å². The molecule has 18 heavy (non-hydrogen) atoms. The average molecular weight is 250 g/mol. The van der Waals surface area contributed by atoms with Crippen LogP contribution in [-0.4, -0.2) is 36.9 Å². The van der Waals surface area contributed by atoms with E-state index in [2.05, 4.69) is 62.2 Å². The Labute approximate surface area is 111 Å². The van der Waals surface area contributed by atoms with Crippen LogP contribution < -0.4 is 10.2 Å². The van der Waals surface area contributed by atoms with Crippen LogP contribution in [0.4, 0.5) is 5.69 Å². The first-order valence-corrected chi connectivity index (χ1v) is 6.49. The molecule has 1 atom stereocenters. The van der Waals surface area contributed by atoms with Gasteiger partial charge in [-0.2, -0.15) is 0 Å². The van der Waals surface area contributed by atoms with E-state index >= 15 is 0 Å². The highest BCUT2D eigenvalue weighted by molar-refractivity contribution is 5.46. The van der Waals surface area contributed by atoms with Gasteiger partial charge in [-0.15, -0.1) is 0 Å². The summed E-state index contributed by atoms with van der Waals surface area (Å²) in [4.78, 5) is 2.08. The van der Waals surface area contributed by atoms with Gasteiger partial charge < -0.3 is 15.3 Å². The molecule has 0 radical (unpaired) electrons. The van der Waals surface area contributed by atoms with Crippen LogP contribution in [0.3, 0.4) is 0 Å². The number of hydrogen-bond donors (Lipinski definition) is 2. The van der Waals surface area contributed by atoms with Gasteiger partial charge in [-0.05, 0) is 39.8 Å². The molecule has 1 unspecified atom stereocenters. The maximum atomic E-state index is 9.99. The van der Waals surface area contributed by atoms with E-state index in [1.807, 2.05) is 7.05 Å². The van der Waals surface area contributed by atoms with E-state index in [1.165, 1.54) is 5.56 Å². The predicted octanol–water partition coefficient (Wildman–Crippen LogP) is 2.18. The van der Waals surface area contributed by atoms with Crippen molar-refractivity contribution >= 4 is 5.69 Å². The topological polar surface area (TPSA) is 35.5 Å². The molecule has 102 valence electrons. The third-order valence-corrected chi connectivity index (χ3v) is 2.83. The SMILES string of the molecule is Cc1ccc(N(C)CC(O)CNC(C)(C)C)cc1. The fourth-order valence-corrected chi connectivity index (χ4v) is 1.71. The molecule has 0 aromatic heterocycles. The Bertz CT molecular complexity index is 354. The number of nitrogens with zero attached hydrogens (tertiary/aromatic N) is 1. The highest BCUT2D eigenvalue weighted by Crippen LogP contribution is 2.13. The Morgan fingerprint density at radius 1 is 1.22 bits per heavy atom. The summed E-state index contributed by atoms with van der Waals surface area (Å²) in [5.74, 6) is 0. The van der Waals surface area contributed by atoms with Gasteiger partial charge in [0, 0.05) is 31.4 Å². The molecule has 0 saturated heterocycles. The molecule has 1 aromatic carbocycles. The third kappa shape index (κ3) is 5.52. The highest BCUT2D eigenvalue weighted by atomic mass is 16.3. The molecule has 0 aliphatic heterocycles. The predicted molar refractivity (Wildman–Crippen MR) is 78.2 cm³/mol. The number of β-amino-alcohol motifs (C(OH)–C–C–N with tert-alkyl or cyclic N) is 1. The summed E-state index contributed by atoms with van der Waals surface area (Å²) in [5, 5.41) is 13.3. The van der Waals surface area contributed by atoms with Crippen LogP contribution in [0.5, 0.6) is 0 Å². The summed E-state index contributed by atoms with van der Waals surface area (Å²) in [6.07, 6.45) is -0.365. The first-order chi connectivity index (χ1) is 8.28. The molecule has 0 spiro atoms. The number of benzene rings is 1. The number of anilines is 1. The van der Waals surface area contributed by atoms with Crippen molar-refractivity contribution in [3.05, 3.63) is 29.8 Å². The van der Waals surface area contributed by atoms with Crippen LogP contribution in [-0.2, 0) is 0 Å². The zero-order valence-corrected chi connectivity index (χ0v) is 12.2. The molecule has 0 aliphatic carbocycles. The second-order valence-corrected chi connectivity index (χ2v) is 6.00. The summed E-state index contributed by atoms with van der Waals surface area (Å²) in [5.41, 5.74) is 2.43. The van der Waals surface area contributed by atoms with Gasteiger partial charge in [-0.3, -0.25) is 0 Å². The van der Waals surface area contributed by atoms with E-state index in [4.69, 9.17) is 0 Å². The molecule has 1 rings (SSSR count). The number of nitrogens with one attached hydrogen (secondary N) is 1. The Morgan fingerprint density at radius 3 is 2.28 bits per heavy atom. The molecule has 0 saturated carbocycles. The number of hydrogen-bond acceptors (Lipinski definition) is 3. The van der Waals surface area contributed by atoms with E-state index in [0.29, 0.717) is 13.1 Å². The van der Waals surface area contributed by atoms with Crippen molar-refractivity contribution in [2.24, 2.45) is 0 Å². The lowest BCUT2D eigenvalue weighted by Crippen LogP contribution is -2.44. The number of aryl methyl sites for hydroxylation is 1. The van der Waals surface area contributed by atoms with Gasteiger partial charge in [-0.25, -0.2) is 0 Å². The Hall–Kier alpha value is -1.06. The van der Waals surface area contributed by atoms with Crippen molar-refractivity contribution in [2.75, 3.05) is 25.0 Å². The first kappa shape index (κ1) is 15.0. The van der Waals surface area contributed by atoms with Crippen LogP contribution in [0.2, 0.25) is 0 Å². The maximum Gasteiger partial charge on any atom is 0.0839 e. The minimum atomic E-state index is -0.365. The molecule has 1 aromatic rings. The Morgan fingerprint density at radius 2 is 1.78 bits per heavy atom. The number of rotatable bonds is 5. The monoisotopic (exact) mass is 250 g/mol. The largest absolute Gasteiger partial charge is 0.390 e. The van der Waals surface area contributed by atoms with Crippen molar-refractivity contribution in [3.63, 3.8) is 0 Å². The second-order valence-electron chi connectivity index (χ2n) is 6.00. The smallest absolute Gasteiger partial charge is 0.0839 e. The molecule has 3 nitrogen and oxygen atoms in total. The summed E-state index contributed by atoms with van der Waals surface area (Å²) < 4.78 is 0. The van der Waals surface area contributed by atoms with Gasteiger partial charge in [0.2, 0.25) is 0 Å². The fraction of sp³-hybridized carbons (Fsp3) is 0.600. The molecule has 0 fully saturated rings. The van der Waals surface area contributed by atoms with Crippen LogP contribution in [0, 0.1) is 6.92 Å². The fourth-order valence-electron chi connectivity index (χ4n) is 1.71. The molecule has 2 N–H and O–H groups in total. The minimum absolute atomic E-state index is 0.0450. The Kier molecular flexibility index (Phi) is 5.17. The summed E-state index contributed by atoms with van der Waals surface area (Å²) >= 11 is 0. The lowest BCUT2D eigenvalue weighted by Gasteiger charge is -2.26. The van der Waals surface area contributed by atoms with E-state index in [9.17, 15) is 5.11 Å². The minimum Gasteiger partial charge on any atom is -0.390 e. The van der Waals surface area contributed by atoms with Crippen LogP contribution in [0.1, 0.15) is 26.3 Å². The molecule has 3 heteroatoms. The molecule has 0 bridgehead atoms. The zero-order valence-electron chi connectivity index (χ0n) is 12.2. The van der Waals surface area contributed by atoms with Crippen LogP contribution >= 0.6 is 0 Å². The van der Waals surface area contributed by atoms with Crippen molar-refractivity contribution in [1.82, 2.24) is 5.32 Å². The van der Waals surface area contributed by atoms with Gasteiger partial charge in [0.1, 0.15) is 0 Å².